The smallest absolute Gasteiger partial charge is 1.00 e. The number of esters is 1. The summed E-state index contributed by atoms with van der Waals surface area (Å²) in [5.41, 5.74) is 1.23. The average Bonchev–Trinajstić information content (AvgIpc) is 2.66. The first-order valence-corrected chi connectivity index (χ1v) is 7.79. The fourth-order valence-corrected chi connectivity index (χ4v) is 2.14. The molecule has 0 aliphatic carbocycles. The molecule has 2 N–H and O–H groups in total. The third-order valence-electron chi connectivity index (χ3n) is 3.43. The maximum Gasteiger partial charge on any atom is 1.00 e. The maximum atomic E-state index is 12.0. The third kappa shape index (κ3) is 8.65. The number of rotatable bonds is 7. The van der Waals surface area contributed by atoms with Crippen LogP contribution in [0.2, 0.25) is 0 Å². The van der Waals surface area contributed by atoms with Crippen LogP contribution in [0.3, 0.4) is 0 Å². The van der Waals surface area contributed by atoms with Gasteiger partial charge in [0.1, 0.15) is 0 Å². The summed E-state index contributed by atoms with van der Waals surface area (Å²) < 4.78 is 15.4. The zero-order valence-electron chi connectivity index (χ0n) is 18.7. The molecule has 0 saturated heterocycles. The van der Waals surface area contributed by atoms with Crippen molar-refractivity contribution in [2.75, 3.05) is 14.2 Å². The summed E-state index contributed by atoms with van der Waals surface area (Å²) in [7, 11) is 2.84. The minimum Gasteiger partial charge on any atom is -1.00 e. The fraction of sp³-hybridized carbons (Fsp3) is 0.100. The van der Waals surface area contributed by atoms with Crippen LogP contribution in [0.1, 0.15) is 14.0 Å². The number of carbonyl (C=O) groups excluding carboxylic acids is 1. The van der Waals surface area contributed by atoms with E-state index in [1.165, 1.54) is 44.6 Å². The number of methoxy groups -OCH3 is 2. The number of ether oxygens (including phenoxy) is 3. The van der Waals surface area contributed by atoms with Crippen molar-refractivity contribution in [2.24, 2.45) is 0 Å². The van der Waals surface area contributed by atoms with Gasteiger partial charge in [-0.05, 0) is 47.5 Å². The van der Waals surface area contributed by atoms with Gasteiger partial charge in [0.2, 0.25) is 0 Å². The Morgan fingerprint density at radius 2 is 1.41 bits per heavy atom. The third-order valence-corrected chi connectivity index (χ3v) is 3.43. The van der Waals surface area contributed by atoms with Crippen molar-refractivity contribution >= 4 is 24.1 Å². The Bertz CT molecular complexity index is 918. The molecule has 0 aromatic heterocycles. The first-order chi connectivity index (χ1) is 12.9. The predicted molar refractivity (Wildman–Crippen MR) is 101 cm³/mol. The Morgan fingerprint density at radius 1 is 0.862 bits per heavy atom. The fourth-order valence-electron chi connectivity index (χ4n) is 2.14. The van der Waals surface area contributed by atoms with Crippen molar-refractivity contribution in [1.82, 2.24) is 0 Å². The van der Waals surface area contributed by atoms with Gasteiger partial charge in [-0.15, -0.1) is 0 Å². The molecule has 0 spiro atoms. The van der Waals surface area contributed by atoms with Crippen molar-refractivity contribution in [1.29, 1.82) is 0 Å². The van der Waals surface area contributed by atoms with Crippen molar-refractivity contribution in [3.05, 3.63) is 59.7 Å². The first kappa shape index (κ1) is 27.3. The molecule has 0 radical (unpaired) electrons. The summed E-state index contributed by atoms with van der Waals surface area (Å²) in [6, 6.07) is 9.30. The quantitative estimate of drug-likeness (QED) is 0.219. The van der Waals surface area contributed by atoms with Gasteiger partial charge >= 0.3 is 71.1 Å². The molecule has 7 nitrogen and oxygen atoms in total. The molecule has 0 fully saturated rings. The largest absolute Gasteiger partial charge is 1.00 e. The molecule has 144 valence electrons. The number of carbonyl (C=O) groups is 2. The molecule has 0 bridgehead atoms. The molecule has 0 aliphatic heterocycles. The van der Waals surface area contributed by atoms with E-state index in [2.05, 4.69) is 0 Å². The number of aliphatic carboxylic acids is 1. The van der Waals surface area contributed by atoms with Crippen molar-refractivity contribution in [3.8, 4) is 23.0 Å². The van der Waals surface area contributed by atoms with Crippen molar-refractivity contribution in [2.45, 2.75) is 0 Å². The molecular formula is C20H20Na2O7. The molecule has 9 heteroatoms. The second kappa shape index (κ2) is 13.5. The SMILES string of the molecule is COc1cc(C=CC(=O)Oc2ccc(C=CC(=O)O)cc2OC)ccc1O.[H-].[H-].[Na+].[Na+]. The van der Waals surface area contributed by atoms with Gasteiger partial charge in [0, 0.05) is 12.2 Å². The molecule has 2 aromatic rings. The molecular weight excluding hydrogens is 398 g/mol. The van der Waals surface area contributed by atoms with Crippen molar-refractivity contribution < 1.29 is 96.0 Å². The van der Waals surface area contributed by atoms with Crippen LogP contribution in [0, 0.1) is 0 Å². The van der Waals surface area contributed by atoms with Gasteiger partial charge in [-0.3, -0.25) is 0 Å². The van der Waals surface area contributed by atoms with Crippen LogP contribution in [-0.2, 0) is 9.59 Å². The number of aromatic hydroxyl groups is 1. The molecule has 0 atom stereocenters. The normalized spacial score (nSPS) is 10.1. The summed E-state index contributed by atoms with van der Waals surface area (Å²) >= 11 is 0. The number of hydrogen-bond acceptors (Lipinski definition) is 6. The van der Waals surface area contributed by atoms with Crippen LogP contribution in [0.25, 0.3) is 12.2 Å². The van der Waals surface area contributed by atoms with Gasteiger partial charge in [0.25, 0.3) is 0 Å². The molecule has 0 heterocycles. The maximum absolute atomic E-state index is 12.0. The Morgan fingerprint density at radius 3 is 2.00 bits per heavy atom. The van der Waals surface area contributed by atoms with E-state index in [0.717, 1.165) is 6.08 Å². The van der Waals surface area contributed by atoms with Gasteiger partial charge < -0.3 is 27.3 Å². The zero-order valence-corrected chi connectivity index (χ0v) is 20.7. The van der Waals surface area contributed by atoms with Crippen LogP contribution >= 0.6 is 0 Å². The van der Waals surface area contributed by atoms with Gasteiger partial charge in [0.05, 0.1) is 14.2 Å². The van der Waals surface area contributed by atoms with E-state index in [0.29, 0.717) is 11.1 Å². The minimum absolute atomic E-state index is 0. The predicted octanol–water partition coefficient (Wildman–Crippen LogP) is -2.64. The van der Waals surface area contributed by atoms with Crippen LogP contribution < -0.4 is 73.3 Å². The minimum atomic E-state index is -1.07. The summed E-state index contributed by atoms with van der Waals surface area (Å²) in [6.45, 7) is 0. The number of hydrogen-bond donors (Lipinski definition) is 2. The van der Waals surface area contributed by atoms with Crippen molar-refractivity contribution in [3.63, 3.8) is 0 Å². The molecule has 0 unspecified atom stereocenters. The van der Waals surface area contributed by atoms with Gasteiger partial charge in [-0.1, -0.05) is 12.1 Å². The zero-order chi connectivity index (χ0) is 19.8. The first-order valence-electron chi connectivity index (χ1n) is 7.79. The Labute approximate surface area is 215 Å². The summed E-state index contributed by atoms with van der Waals surface area (Å²) in [6.07, 6.45) is 5.13. The molecule has 0 saturated carbocycles. The van der Waals surface area contributed by atoms with Gasteiger partial charge in [-0.2, -0.15) is 0 Å². The van der Waals surface area contributed by atoms with E-state index >= 15 is 0 Å². The van der Waals surface area contributed by atoms with E-state index in [9.17, 15) is 14.7 Å². The van der Waals surface area contributed by atoms with Crippen LogP contribution in [0.4, 0.5) is 0 Å². The van der Waals surface area contributed by atoms with E-state index in [1.807, 2.05) is 0 Å². The molecule has 2 rings (SSSR count). The molecule has 2 aromatic carbocycles. The molecule has 29 heavy (non-hydrogen) atoms. The second-order valence-electron chi connectivity index (χ2n) is 5.27. The Hall–Kier alpha value is -1.74. The van der Waals surface area contributed by atoms with Gasteiger partial charge in [-0.25, -0.2) is 9.59 Å². The number of phenolic OH excluding ortho intramolecular Hbond substituents is 1. The average molecular weight is 418 g/mol. The Balaban J connectivity index is -0.00000196. The second-order valence-corrected chi connectivity index (χ2v) is 5.27. The monoisotopic (exact) mass is 418 g/mol. The molecule has 0 aliphatic rings. The standard InChI is InChI=1S/C20H18O7.2Na.2H/c1-25-17-11-13(3-7-15(17)21)6-10-20(24)27-16-8-4-14(5-9-19(22)23)12-18(16)26-2;;;;/h3-12,21H,1-2H3,(H,22,23);;;;/q;2*+1;2*-1. The number of carboxylic acid groups (broad SMARTS) is 1. The summed E-state index contributed by atoms with van der Waals surface area (Å²) in [5.74, 6) is -0.927. The van der Waals surface area contributed by atoms with Crippen LogP contribution in [0.5, 0.6) is 23.0 Å². The number of carboxylic acids is 1. The number of phenols is 1. The summed E-state index contributed by atoms with van der Waals surface area (Å²) in [5, 5.41) is 18.2. The van der Waals surface area contributed by atoms with E-state index in [1.54, 1.807) is 24.3 Å². The van der Waals surface area contributed by atoms with E-state index < -0.39 is 11.9 Å². The van der Waals surface area contributed by atoms with E-state index in [-0.39, 0.29) is 85.0 Å². The summed E-state index contributed by atoms with van der Waals surface area (Å²) in [4.78, 5) is 22.6. The molecule has 0 amide bonds. The van der Waals surface area contributed by atoms with Crippen LogP contribution in [-0.4, -0.2) is 36.4 Å². The Kier molecular flexibility index (Phi) is 12.7. The van der Waals surface area contributed by atoms with E-state index in [4.69, 9.17) is 19.3 Å². The van der Waals surface area contributed by atoms with Gasteiger partial charge in [0.15, 0.2) is 23.0 Å². The topological polar surface area (TPSA) is 102 Å². The number of benzene rings is 2. The van der Waals surface area contributed by atoms with Crippen LogP contribution in [0.15, 0.2) is 48.6 Å².